The fourth-order valence-electron chi connectivity index (χ4n) is 2.59. The molecule has 21 heavy (non-hydrogen) atoms. The molecule has 0 fully saturated rings. The second kappa shape index (κ2) is 5.13. The van der Waals surface area contributed by atoms with Gasteiger partial charge in [0.2, 0.25) is 0 Å². The number of hydrogen-bond donors (Lipinski definition) is 2. The fourth-order valence-corrected chi connectivity index (χ4v) is 2.59. The van der Waals surface area contributed by atoms with E-state index in [2.05, 4.69) is 24.5 Å². The number of amides is 2. The van der Waals surface area contributed by atoms with Gasteiger partial charge in [-0.25, -0.2) is 4.79 Å². The highest BCUT2D eigenvalue weighted by Crippen LogP contribution is 2.34. The molecular weight excluding hydrogens is 262 g/mol. The summed E-state index contributed by atoms with van der Waals surface area (Å²) < 4.78 is 0. The van der Waals surface area contributed by atoms with Crippen LogP contribution in [0.5, 0.6) is 0 Å². The summed E-state index contributed by atoms with van der Waals surface area (Å²) in [6, 6.07) is 17.3. The van der Waals surface area contributed by atoms with Crippen LogP contribution in [0.15, 0.2) is 54.6 Å². The van der Waals surface area contributed by atoms with Crippen LogP contribution >= 0.6 is 0 Å². The topological polar surface area (TPSA) is 44.4 Å². The van der Waals surface area contributed by atoms with E-state index in [1.54, 1.807) is 4.90 Å². The molecule has 2 amide bonds. The highest BCUT2D eigenvalue weighted by molar-refractivity contribution is 6.04. The third-order valence-electron chi connectivity index (χ3n) is 3.49. The van der Waals surface area contributed by atoms with Gasteiger partial charge in [0.25, 0.3) is 0 Å². The Hall–Kier alpha value is -2.49. The van der Waals surface area contributed by atoms with Crippen LogP contribution in [-0.2, 0) is 0 Å². The summed E-state index contributed by atoms with van der Waals surface area (Å²) in [6.07, 6.45) is 0. The molecule has 2 aromatic carbocycles. The van der Waals surface area contributed by atoms with Crippen LogP contribution in [0.25, 0.3) is 0 Å². The smallest absolute Gasteiger partial charge is 0.326 e. The number of fused-ring (bicyclic) bond motifs is 1. The highest BCUT2D eigenvalue weighted by Gasteiger charge is 2.32. The van der Waals surface area contributed by atoms with Crippen molar-refractivity contribution in [2.75, 3.05) is 22.1 Å². The summed E-state index contributed by atoms with van der Waals surface area (Å²) in [7, 11) is 0. The van der Waals surface area contributed by atoms with Crippen molar-refractivity contribution in [2.24, 2.45) is 0 Å². The Morgan fingerprint density at radius 2 is 1.76 bits per heavy atom. The molecule has 1 aliphatic heterocycles. The summed E-state index contributed by atoms with van der Waals surface area (Å²) in [5, 5.41) is 6.41. The van der Waals surface area contributed by atoms with Crippen molar-refractivity contribution in [1.82, 2.24) is 0 Å². The van der Waals surface area contributed by atoms with Gasteiger partial charge >= 0.3 is 6.03 Å². The van der Waals surface area contributed by atoms with Crippen molar-refractivity contribution in [2.45, 2.75) is 19.4 Å². The van der Waals surface area contributed by atoms with Crippen LogP contribution in [0, 0.1) is 0 Å². The second-order valence-electron chi connectivity index (χ2n) is 5.91. The Morgan fingerprint density at radius 3 is 2.52 bits per heavy atom. The zero-order valence-corrected chi connectivity index (χ0v) is 12.3. The zero-order chi connectivity index (χ0) is 14.9. The van der Waals surface area contributed by atoms with Gasteiger partial charge in [-0.05, 0) is 38.1 Å². The molecule has 0 spiro atoms. The van der Waals surface area contributed by atoms with Gasteiger partial charge in [0.15, 0.2) is 0 Å². The SMILES string of the molecule is CC1(C)CN(C(=O)Nc2ccccc2)c2ccccc2N1. The number of anilines is 3. The molecule has 4 nitrogen and oxygen atoms in total. The van der Waals surface area contributed by atoms with Crippen LogP contribution in [0.4, 0.5) is 21.9 Å². The molecule has 0 aliphatic carbocycles. The third-order valence-corrected chi connectivity index (χ3v) is 3.49. The Balaban J connectivity index is 1.89. The number of nitrogens with one attached hydrogen (secondary N) is 2. The standard InChI is InChI=1S/C17H19N3O/c1-17(2)12-20(15-11-7-6-10-14(15)19-17)16(21)18-13-8-4-3-5-9-13/h3-11,19H,12H2,1-2H3,(H,18,21). The Labute approximate surface area is 124 Å². The lowest BCUT2D eigenvalue weighted by Gasteiger charge is -2.40. The van der Waals surface area contributed by atoms with Crippen molar-refractivity contribution in [3.63, 3.8) is 0 Å². The van der Waals surface area contributed by atoms with E-state index in [-0.39, 0.29) is 11.6 Å². The fraction of sp³-hybridized carbons (Fsp3) is 0.235. The lowest BCUT2D eigenvalue weighted by Crippen LogP contribution is -2.51. The number of rotatable bonds is 1. The normalized spacial score (nSPS) is 15.8. The zero-order valence-electron chi connectivity index (χ0n) is 12.3. The first-order chi connectivity index (χ1) is 10.1. The molecule has 1 heterocycles. The number of nitrogens with zero attached hydrogens (tertiary/aromatic N) is 1. The number of benzene rings is 2. The summed E-state index contributed by atoms with van der Waals surface area (Å²) >= 11 is 0. The van der Waals surface area contributed by atoms with Gasteiger partial charge in [-0.2, -0.15) is 0 Å². The van der Waals surface area contributed by atoms with E-state index in [4.69, 9.17) is 0 Å². The lowest BCUT2D eigenvalue weighted by atomic mass is 9.99. The van der Waals surface area contributed by atoms with Crippen LogP contribution in [0.2, 0.25) is 0 Å². The number of carbonyl (C=O) groups is 1. The maximum absolute atomic E-state index is 12.6. The quantitative estimate of drug-likeness (QED) is 0.832. The Bertz CT molecular complexity index is 652. The van der Waals surface area contributed by atoms with Crippen LogP contribution in [0.1, 0.15) is 13.8 Å². The van der Waals surface area contributed by atoms with E-state index in [1.165, 1.54) is 0 Å². The predicted molar refractivity (Wildman–Crippen MR) is 87.0 cm³/mol. The molecule has 1 aliphatic rings. The van der Waals surface area contributed by atoms with E-state index in [9.17, 15) is 4.79 Å². The first-order valence-electron chi connectivity index (χ1n) is 7.06. The van der Waals surface area contributed by atoms with Crippen molar-refractivity contribution >= 4 is 23.1 Å². The number of hydrogen-bond acceptors (Lipinski definition) is 2. The van der Waals surface area contributed by atoms with Gasteiger partial charge in [-0.1, -0.05) is 30.3 Å². The minimum atomic E-state index is -0.164. The minimum absolute atomic E-state index is 0.108. The molecule has 4 heteroatoms. The van der Waals surface area contributed by atoms with Crippen LogP contribution in [-0.4, -0.2) is 18.1 Å². The summed E-state index contributed by atoms with van der Waals surface area (Å²) in [5.74, 6) is 0. The summed E-state index contributed by atoms with van der Waals surface area (Å²) in [5.41, 5.74) is 2.53. The molecule has 2 aromatic rings. The number of para-hydroxylation sites is 3. The van der Waals surface area contributed by atoms with Crippen LogP contribution < -0.4 is 15.5 Å². The largest absolute Gasteiger partial charge is 0.377 e. The van der Waals surface area contributed by atoms with Gasteiger partial charge < -0.3 is 10.6 Å². The summed E-state index contributed by atoms with van der Waals surface area (Å²) in [4.78, 5) is 14.4. The molecule has 2 N–H and O–H groups in total. The molecule has 0 atom stereocenters. The Morgan fingerprint density at radius 1 is 1.10 bits per heavy atom. The molecule has 0 bridgehead atoms. The minimum Gasteiger partial charge on any atom is -0.377 e. The average Bonchev–Trinajstić information content (AvgIpc) is 2.46. The number of carbonyl (C=O) groups excluding carboxylic acids is 1. The molecule has 3 rings (SSSR count). The van der Waals surface area contributed by atoms with Crippen LogP contribution in [0.3, 0.4) is 0 Å². The predicted octanol–water partition coefficient (Wildman–Crippen LogP) is 3.93. The van der Waals surface area contributed by atoms with Crippen molar-refractivity contribution in [1.29, 1.82) is 0 Å². The first-order valence-corrected chi connectivity index (χ1v) is 7.06. The van der Waals surface area contributed by atoms with E-state index >= 15 is 0 Å². The van der Waals surface area contributed by atoms with Gasteiger partial charge in [0, 0.05) is 11.2 Å². The molecule has 0 unspecified atom stereocenters. The van der Waals surface area contributed by atoms with E-state index < -0.39 is 0 Å². The van der Waals surface area contributed by atoms with Gasteiger partial charge in [-0.15, -0.1) is 0 Å². The maximum Gasteiger partial charge on any atom is 0.326 e. The third kappa shape index (κ3) is 2.84. The Kier molecular flexibility index (Phi) is 3.29. The van der Waals surface area contributed by atoms with Gasteiger partial charge in [0.05, 0.1) is 17.9 Å². The van der Waals surface area contributed by atoms with E-state index in [0.717, 1.165) is 17.1 Å². The monoisotopic (exact) mass is 281 g/mol. The van der Waals surface area contributed by atoms with Gasteiger partial charge in [0.1, 0.15) is 0 Å². The molecule has 108 valence electrons. The highest BCUT2D eigenvalue weighted by atomic mass is 16.2. The summed E-state index contributed by atoms with van der Waals surface area (Å²) in [6.45, 7) is 4.79. The molecule has 0 saturated heterocycles. The van der Waals surface area contributed by atoms with Crippen molar-refractivity contribution < 1.29 is 4.79 Å². The second-order valence-corrected chi connectivity index (χ2v) is 5.91. The first kappa shape index (κ1) is 13.5. The average molecular weight is 281 g/mol. The lowest BCUT2D eigenvalue weighted by molar-refractivity contribution is 0.255. The maximum atomic E-state index is 12.6. The number of urea groups is 1. The molecule has 0 aromatic heterocycles. The molecule has 0 saturated carbocycles. The molecule has 0 radical (unpaired) electrons. The van der Waals surface area contributed by atoms with E-state index in [1.807, 2.05) is 54.6 Å². The van der Waals surface area contributed by atoms with E-state index in [0.29, 0.717) is 6.54 Å². The van der Waals surface area contributed by atoms with Crippen molar-refractivity contribution in [3.8, 4) is 0 Å². The van der Waals surface area contributed by atoms with Gasteiger partial charge in [-0.3, -0.25) is 4.90 Å². The molecular formula is C17H19N3O. The van der Waals surface area contributed by atoms with Crippen molar-refractivity contribution in [3.05, 3.63) is 54.6 Å².